The van der Waals surface area contributed by atoms with E-state index in [0.29, 0.717) is 0 Å². The van der Waals surface area contributed by atoms with Crippen molar-refractivity contribution in [2.75, 3.05) is 0 Å². The maximum atomic E-state index is 3.35. The molecule has 0 radical (unpaired) electrons. The van der Waals surface area contributed by atoms with Gasteiger partial charge in [-0.1, -0.05) is 25.7 Å². The number of hydrogen-bond donors (Lipinski definition) is 0. The Balaban J connectivity index is -0.000000125. The summed E-state index contributed by atoms with van der Waals surface area (Å²) < 4.78 is 0. The van der Waals surface area contributed by atoms with Gasteiger partial charge in [-0.3, -0.25) is 6.08 Å². The van der Waals surface area contributed by atoms with E-state index in [2.05, 4.69) is 37.9 Å². The largest absolute Gasteiger partial charge is 0.270 e. The Morgan fingerprint density at radius 2 is 1.71 bits per heavy atom. The summed E-state index contributed by atoms with van der Waals surface area (Å²) in [7, 11) is -0.873. The third-order valence-electron chi connectivity index (χ3n) is 1.49. The Bertz CT molecular complexity index is 185. The molecule has 1 aliphatic carbocycles. The number of halogens is 3. The second kappa shape index (κ2) is 10.9. The number of rotatable bonds is 2. The maximum absolute atomic E-state index is 3.35. The summed E-state index contributed by atoms with van der Waals surface area (Å²) in [4.78, 5) is 0. The molecule has 0 atom stereocenters. The molecule has 0 saturated heterocycles. The van der Waals surface area contributed by atoms with Crippen molar-refractivity contribution in [3.63, 3.8) is 0 Å². The van der Waals surface area contributed by atoms with Crippen LogP contribution in [0.5, 0.6) is 0 Å². The van der Waals surface area contributed by atoms with Crippen molar-refractivity contribution in [3.05, 3.63) is 23.8 Å². The summed E-state index contributed by atoms with van der Waals surface area (Å²) in [5.41, 5.74) is 1.44. The van der Waals surface area contributed by atoms with Crippen molar-refractivity contribution < 1.29 is 25.8 Å². The molecule has 0 saturated carbocycles. The van der Waals surface area contributed by atoms with Crippen LogP contribution in [0.15, 0.2) is 17.7 Å². The second-order valence-electron chi connectivity index (χ2n) is 4.05. The van der Waals surface area contributed by atoms with Crippen LogP contribution in [-0.2, 0) is 25.8 Å². The van der Waals surface area contributed by atoms with Crippen molar-refractivity contribution >= 4 is 45.3 Å². The predicted molar refractivity (Wildman–Crippen MR) is 70.4 cm³/mol. The van der Waals surface area contributed by atoms with E-state index in [1.54, 1.807) is 0 Å². The maximum Gasteiger partial charge on any atom is 0.0456 e. The molecule has 0 aromatic rings. The van der Waals surface area contributed by atoms with Crippen molar-refractivity contribution in [2.24, 2.45) is 0 Å². The normalized spacial score (nSPS) is 12.6. The van der Waals surface area contributed by atoms with Gasteiger partial charge in [0.15, 0.2) is 0 Å². The van der Waals surface area contributed by atoms with E-state index in [9.17, 15) is 0 Å². The van der Waals surface area contributed by atoms with Gasteiger partial charge in [-0.25, -0.2) is 11.6 Å². The fourth-order valence-corrected chi connectivity index (χ4v) is 2.53. The van der Waals surface area contributed by atoms with Crippen LogP contribution in [0.2, 0.25) is 25.7 Å². The molecule has 5 heteroatoms. The first kappa shape index (κ1) is 24.6. The Kier molecular flexibility index (Phi) is 19.2. The summed E-state index contributed by atoms with van der Waals surface area (Å²) in [6.45, 7) is 7.19. The van der Waals surface area contributed by atoms with Crippen molar-refractivity contribution in [1.82, 2.24) is 0 Å². The Labute approximate surface area is 126 Å². The van der Waals surface area contributed by atoms with Crippen molar-refractivity contribution in [1.29, 1.82) is 0 Å². The molecular formula is C9H18Cl3HfSi-. The van der Waals surface area contributed by atoms with E-state index in [4.69, 9.17) is 0 Å². The first-order valence-corrected chi connectivity index (χ1v) is 7.55. The molecule has 0 unspecified atom stereocenters. The minimum absolute atomic E-state index is 0. The van der Waals surface area contributed by atoms with Crippen LogP contribution in [0.3, 0.4) is 0 Å². The van der Waals surface area contributed by atoms with Crippen LogP contribution in [0.25, 0.3) is 0 Å². The fraction of sp³-hybridized carbons (Fsp3) is 0.556. The monoisotopic (exact) mass is 439 g/mol. The van der Waals surface area contributed by atoms with Gasteiger partial charge in [0, 0.05) is 33.9 Å². The molecule has 0 aromatic carbocycles. The average molecular weight is 439 g/mol. The third kappa shape index (κ3) is 11.5. The minimum Gasteiger partial charge on any atom is -0.270 e. The predicted octanol–water partition coefficient (Wildman–Crippen LogP) is 4.28. The van der Waals surface area contributed by atoms with Crippen LogP contribution >= 0.6 is 37.2 Å². The van der Waals surface area contributed by atoms with Crippen LogP contribution < -0.4 is 0 Å². The number of allylic oxidation sites excluding steroid dienone is 4. The molecule has 0 aromatic heterocycles. The molecule has 0 nitrogen and oxygen atoms in total. The van der Waals surface area contributed by atoms with E-state index in [1.165, 1.54) is 11.6 Å². The Morgan fingerprint density at radius 3 is 2.00 bits per heavy atom. The summed E-state index contributed by atoms with van der Waals surface area (Å²) in [5.74, 6) is 0. The molecule has 0 spiro atoms. The standard InChI is InChI=1S/C9H15Si.3ClH.Hf/c1-10(2,3)8-9-6-4-5-7-9;;;;/h4,6H,5,8H2,1-3H3;3*1H;/q-1;;;;. The summed E-state index contributed by atoms with van der Waals surface area (Å²) in [6, 6.07) is 1.30. The minimum atomic E-state index is -0.873. The first-order chi connectivity index (χ1) is 4.58. The van der Waals surface area contributed by atoms with E-state index < -0.39 is 8.07 Å². The van der Waals surface area contributed by atoms with Crippen molar-refractivity contribution in [3.8, 4) is 0 Å². The smallest absolute Gasteiger partial charge is 0.0456 e. The van der Waals surface area contributed by atoms with Gasteiger partial charge < -0.3 is 0 Å². The van der Waals surface area contributed by atoms with Crippen LogP contribution in [0.4, 0.5) is 0 Å². The zero-order chi connectivity index (χ0) is 7.61. The molecule has 1 rings (SSSR count). The van der Waals surface area contributed by atoms with Gasteiger partial charge in [-0.15, -0.1) is 43.6 Å². The molecule has 0 heterocycles. The van der Waals surface area contributed by atoms with Gasteiger partial charge in [0.25, 0.3) is 0 Å². The molecule has 0 N–H and O–H groups in total. The van der Waals surface area contributed by atoms with Crippen LogP contribution in [-0.4, -0.2) is 8.07 Å². The molecule has 84 valence electrons. The second-order valence-corrected chi connectivity index (χ2v) is 9.52. The zero-order valence-corrected chi connectivity index (χ0v) is 15.8. The summed E-state index contributed by atoms with van der Waals surface area (Å²) >= 11 is 0. The molecule has 0 fully saturated rings. The van der Waals surface area contributed by atoms with Gasteiger partial charge >= 0.3 is 0 Å². The van der Waals surface area contributed by atoms with Crippen LogP contribution in [0.1, 0.15) is 6.42 Å². The molecule has 14 heavy (non-hydrogen) atoms. The summed E-state index contributed by atoms with van der Waals surface area (Å²) in [5, 5.41) is 0. The molecule has 0 bridgehead atoms. The van der Waals surface area contributed by atoms with Gasteiger partial charge in [0.1, 0.15) is 0 Å². The Morgan fingerprint density at radius 1 is 1.21 bits per heavy atom. The SMILES string of the molecule is C[Si](C)(C)CC1=[C-]CC=C1.Cl.Cl.Cl.[Hf]. The van der Waals surface area contributed by atoms with E-state index in [1.807, 2.05) is 0 Å². The molecule has 1 aliphatic rings. The van der Waals surface area contributed by atoms with Crippen molar-refractivity contribution in [2.45, 2.75) is 32.1 Å². The zero-order valence-electron chi connectivity index (χ0n) is 8.79. The third-order valence-corrected chi connectivity index (χ3v) is 2.93. The quantitative estimate of drug-likeness (QED) is 0.446. The van der Waals surface area contributed by atoms with Crippen LogP contribution in [0, 0.1) is 6.08 Å². The van der Waals surface area contributed by atoms with Gasteiger partial charge in [-0.2, -0.15) is 6.08 Å². The molecule has 0 amide bonds. The topological polar surface area (TPSA) is 0 Å². The average Bonchev–Trinajstić information content (AvgIpc) is 2.12. The molecule has 0 aliphatic heterocycles. The fourth-order valence-electron chi connectivity index (χ4n) is 1.14. The summed E-state index contributed by atoms with van der Waals surface area (Å²) in [6.07, 6.45) is 8.81. The van der Waals surface area contributed by atoms with Gasteiger partial charge in [0.05, 0.1) is 0 Å². The van der Waals surface area contributed by atoms with Gasteiger partial charge in [0.2, 0.25) is 0 Å². The van der Waals surface area contributed by atoms with E-state index in [-0.39, 0.29) is 63.1 Å². The Hall–Kier alpha value is 1.44. The number of hydrogen-bond acceptors (Lipinski definition) is 0. The van der Waals surface area contributed by atoms with Gasteiger partial charge in [-0.05, 0) is 0 Å². The van der Waals surface area contributed by atoms with E-state index in [0.717, 1.165) is 6.42 Å². The van der Waals surface area contributed by atoms with E-state index >= 15 is 0 Å². The first-order valence-electron chi connectivity index (χ1n) is 3.84. The molecular weight excluding hydrogens is 421 g/mol.